The van der Waals surface area contributed by atoms with Gasteiger partial charge in [0.05, 0.1) is 11.5 Å². The number of amides is 1. The van der Waals surface area contributed by atoms with Crippen LogP contribution in [0, 0.1) is 0 Å². The second-order valence-electron chi connectivity index (χ2n) is 5.47. The minimum absolute atomic E-state index is 0.129. The second-order valence-corrected chi connectivity index (χ2v) is 7.03. The third-order valence-corrected chi connectivity index (χ3v) is 4.80. The largest absolute Gasteiger partial charge is 0.450 e. The molecule has 1 amide bonds. The van der Waals surface area contributed by atoms with Crippen LogP contribution in [-0.2, 0) is 21.2 Å². The lowest BCUT2D eigenvalue weighted by atomic mass is 10.1. The number of hydrogen-bond donors (Lipinski definition) is 1. The molecule has 1 aliphatic rings. The smallest absolute Gasteiger partial charge is 0.409 e. The number of sulfonamides is 1. The molecule has 7 nitrogen and oxygen atoms in total. The number of piperazine rings is 1. The number of ether oxygens (including phenoxy) is 1. The zero-order valence-corrected chi connectivity index (χ0v) is 14.1. The van der Waals surface area contributed by atoms with E-state index in [1.807, 2.05) is 0 Å². The van der Waals surface area contributed by atoms with Crippen molar-refractivity contribution in [3.63, 3.8) is 0 Å². The summed E-state index contributed by atoms with van der Waals surface area (Å²) in [5, 5.41) is 5.08. The lowest BCUT2D eigenvalue weighted by molar-refractivity contribution is 0.0799. The fraction of sp³-hybridized carbons (Fsp3) is 0.533. The monoisotopic (exact) mass is 341 g/mol. The summed E-state index contributed by atoms with van der Waals surface area (Å²) in [6, 6.07) is 6.63. The summed E-state index contributed by atoms with van der Waals surface area (Å²) < 4.78 is 27.4. The van der Waals surface area contributed by atoms with Crippen molar-refractivity contribution in [2.45, 2.75) is 18.2 Å². The zero-order valence-electron chi connectivity index (χ0n) is 13.3. The molecule has 0 radical (unpaired) electrons. The molecule has 0 unspecified atom stereocenters. The van der Waals surface area contributed by atoms with Crippen molar-refractivity contribution < 1.29 is 17.9 Å². The number of nitrogens with zero attached hydrogens (tertiary/aromatic N) is 2. The van der Waals surface area contributed by atoms with Crippen LogP contribution in [0.5, 0.6) is 0 Å². The highest BCUT2D eigenvalue weighted by atomic mass is 32.2. The zero-order chi connectivity index (χ0) is 16.9. The van der Waals surface area contributed by atoms with Gasteiger partial charge in [-0.25, -0.2) is 18.4 Å². The number of hydrogen-bond acceptors (Lipinski definition) is 5. The molecule has 1 aliphatic heterocycles. The van der Waals surface area contributed by atoms with Crippen molar-refractivity contribution in [2.75, 3.05) is 39.3 Å². The average Bonchev–Trinajstić information content (AvgIpc) is 2.53. The van der Waals surface area contributed by atoms with E-state index >= 15 is 0 Å². The van der Waals surface area contributed by atoms with Gasteiger partial charge in [-0.05, 0) is 31.0 Å². The minimum Gasteiger partial charge on any atom is -0.450 e. The molecule has 1 aromatic rings. The Bertz CT molecular complexity index is 623. The van der Waals surface area contributed by atoms with E-state index in [4.69, 9.17) is 9.88 Å². The molecule has 23 heavy (non-hydrogen) atoms. The maximum absolute atomic E-state index is 11.6. The first-order chi connectivity index (χ1) is 10.9. The van der Waals surface area contributed by atoms with Gasteiger partial charge >= 0.3 is 6.09 Å². The van der Waals surface area contributed by atoms with Crippen LogP contribution in [0.25, 0.3) is 0 Å². The van der Waals surface area contributed by atoms with Crippen LogP contribution in [0.2, 0.25) is 0 Å². The van der Waals surface area contributed by atoms with Gasteiger partial charge in [0.1, 0.15) is 0 Å². The van der Waals surface area contributed by atoms with Gasteiger partial charge in [-0.2, -0.15) is 0 Å². The van der Waals surface area contributed by atoms with Gasteiger partial charge in [-0.3, -0.25) is 4.90 Å². The summed E-state index contributed by atoms with van der Waals surface area (Å²) in [6.45, 7) is 6.03. The van der Waals surface area contributed by atoms with Gasteiger partial charge in [0, 0.05) is 32.7 Å². The van der Waals surface area contributed by atoms with Crippen LogP contribution >= 0.6 is 0 Å². The molecule has 0 atom stereocenters. The van der Waals surface area contributed by atoms with Crippen LogP contribution < -0.4 is 5.14 Å². The van der Waals surface area contributed by atoms with Crippen LogP contribution in [-0.4, -0.2) is 63.6 Å². The lowest BCUT2D eigenvalue weighted by Gasteiger charge is -2.34. The number of carbonyl (C=O) groups is 1. The van der Waals surface area contributed by atoms with Gasteiger partial charge in [-0.15, -0.1) is 0 Å². The van der Waals surface area contributed by atoms with Gasteiger partial charge in [0.2, 0.25) is 10.0 Å². The minimum atomic E-state index is -3.63. The summed E-state index contributed by atoms with van der Waals surface area (Å²) >= 11 is 0. The predicted molar refractivity (Wildman–Crippen MR) is 86.6 cm³/mol. The van der Waals surface area contributed by atoms with Crippen molar-refractivity contribution in [3.8, 4) is 0 Å². The van der Waals surface area contributed by atoms with Crippen LogP contribution in [0.15, 0.2) is 29.2 Å². The Hall–Kier alpha value is -1.64. The normalized spacial score (nSPS) is 16.3. The Balaban J connectivity index is 1.78. The molecule has 2 rings (SSSR count). The van der Waals surface area contributed by atoms with E-state index in [1.54, 1.807) is 24.0 Å². The van der Waals surface area contributed by atoms with E-state index in [2.05, 4.69) is 4.90 Å². The standard InChI is InChI=1S/C15H23N3O4S/c1-2-22-15(19)18-11-9-17(10-12-18)8-7-13-3-5-14(6-4-13)23(16,20)21/h3-6H,2,7-12H2,1H3,(H2,16,20,21). The fourth-order valence-electron chi connectivity index (χ4n) is 2.50. The molecule has 1 aromatic carbocycles. The molecule has 1 fully saturated rings. The number of primary sulfonamides is 1. The predicted octanol–water partition coefficient (Wildman–Crippen LogP) is 0.651. The van der Waals surface area contributed by atoms with Gasteiger partial charge in [-0.1, -0.05) is 12.1 Å². The average molecular weight is 341 g/mol. The highest BCUT2D eigenvalue weighted by Gasteiger charge is 2.21. The number of carbonyl (C=O) groups excluding carboxylic acids is 1. The summed E-state index contributed by atoms with van der Waals surface area (Å²) in [5.74, 6) is 0. The van der Waals surface area contributed by atoms with Crippen molar-refractivity contribution in [3.05, 3.63) is 29.8 Å². The second kappa shape index (κ2) is 7.76. The molecule has 0 aliphatic carbocycles. The number of rotatable bonds is 5. The molecular formula is C15H23N3O4S. The van der Waals surface area contributed by atoms with E-state index in [-0.39, 0.29) is 11.0 Å². The van der Waals surface area contributed by atoms with Crippen molar-refractivity contribution >= 4 is 16.1 Å². The van der Waals surface area contributed by atoms with Crippen molar-refractivity contribution in [2.24, 2.45) is 5.14 Å². The number of nitrogens with two attached hydrogens (primary N) is 1. The maximum Gasteiger partial charge on any atom is 0.409 e. The molecule has 128 valence electrons. The highest BCUT2D eigenvalue weighted by Crippen LogP contribution is 2.11. The Labute approximate surface area is 137 Å². The summed E-state index contributed by atoms with van der Waals surface area (Å²) in [7, 11) is -3.63. The van der Waals surface area contributed by atoms with E-state index in [0.717, 1.165) is 31.6 Å². The van der Waals surface area contributed by atoms with Crippen molar-refractivity contribution in [1.82, 2.24) is 9.80 Å². The molecule has 0 bridgehead atoms. The molecule has 0 aromatic heterocycles. The summed E-state index contributed by atoms with van der Waals surface area (Å²) in [6.07, 6.45) is 0.579. The van der Waals surface area contributed by atoms with Gasteiger partial charge in [0.25, 0.3) is 0 Å². The van der Waals surface area contributed by atoms with Crippen LogP contribution in [0.1, 0.15) is 12.5 Å². The molecule has 8 heteroatoms. The van der Waals surface area contributed by atoms with E-state index < -0.39 is 10.0 Å². The van der Waals surface area contributed by atoms with E-state index in [9.17, 15) is 13.2 Å². The molecular weight excluding hydrogens is 318 g/mol. The Morgan fingerprint density at radius 1 is 1.17 bits per heavy atom. The highest BCUT2D eigenvalue weighted by molar-refractivity contribution is 7.89. The Morgan fingerprint density at radius 2 is 1.78 bits per heavy atom. The summed E-state index contributed by atoms with van der Waals surface area (Å²) in [4.78, 5) is 15.8. The third-order valence-electron chi connectivity index (χ3n) is 3.87. The quantitative estimate of drug-likeness (QED) is 0.849. The molecule has 0 spiro atoms. The first-order valence-corrected chi connectivity index (χ1v) is 9.20. The topological polar surface area (TPSA) is 92.9 Å². The van der Waals surface area contributed by atoms with Gasteiger partial charge < -0.3 is 9.64 Å². The lowest BCUT2D eigenvalue weighted by Crippen LogP contribution is -2.49. The maximum atomic E-state index is 11.6. The first kappa shape index (κ1) is 17.7. The molecule has 0 saturated carbocycles. The number of benzene rings is 1. The van der Waals surface area contributed by atoms with Gasteiger partial charge in [0.15, 0.2) is 0 Å². The Morgan fingerprint density at radius 3 is 2.30 bits per heavy atom. The summed E-state index contributed by atoms with van der Waals surface area (Å²) in [5.41, 5.74) is 1.06. The molecule has 1 heterocycles. The first-order valence-electron chi connectivity index (χ1n) is 7.66. The van der Waals surface area contributed by atoms with E-state index in [1.165, 1.54) is 12.1 Å². The SMILES string of the molecule is CCOC(=O)N1CCN(CCc2ccc(S(N)(=O)=O)cc2)CC1. The van der Waals surface area contributed by atoms with Crippen LogP contribution in [0.4, 0.5) is 4.79 Å². The fourth-order valence-corrected chi connectivity index (χ4v) is 3.02. The molecule has 2 N–H and O–H groups in total. The van der Waals surface area contributed by atoms with E-state index in [0.29, 0.717) is 19.7 Å². The Kier molecular flexibility index (Phi) is 5.97. The molecule has 1 saturated heterocycles. The van der Waals surface area contributed by atoms with Crippen molar-refractivity contribution in [1.29, 1.82) is 0 Å². The third kappa shape index (κ3) is 5.19. The van der Waals surface area contributed by atoms with Crippen LogP contribution in [0.3, 0.4) is 0 Å².